The number of carbonyl (C=O) groups excluding carboxylic acids is 4. The normalized spacial score (nSPS) is 13.0. The molecule has 5 rings (SSSR count). The van der Waals surface area contributed by atoms with E-state index < -0.39 is 48.4 Å². The van der Waals surface area contributed by atoms with Gasteiger partial charge in [0.15, 0.2) is 6.29 Å². The Morgan fingerprint density at radius 1 is 0.732 bits per heavy atom. The Morgan fingerprint density at radius 2 is 1.32 bits per heavy atom. The number of hydrogen-bond acceptors (Lipinski definition) is 9. The summed E-state index contributed by atoms with van der Waals surface area (Å²) in [6.45, 7) is 7.85. The number of alkyl carbamates (subject to hydrolysis) is 2. The number of carbonyl (C=O) groups is 4. The van der Waals surface area contributed by atoms with E-state index in [1.54, 1.807) is 56.6 Å². The molecule has 3 N–H and O–H groups in total. The van der Waals surface area contributed by atoms with Crippen LogP contribution in [0.5, 0.6) is 0 Å². The standard InChI is InChI=1S/C43H51N5O8/c1-5-53-37(54-6-2)26-48(29(3)4)41(50)39(47-43(52)55-27-31-15-8-7-9-16-31)38(40(49)45-24-22-30-17-14-23-44-25-30)46-42(51)56-28-36-34-20-12-10-18-32(34)33-19-11-13-21-35(33)36/h7-21,23,25,29,36-39H,5-6,22,24,26-28H2,1-4H3,(H,45,49)(H,46,51)(H,47,52). The molecular formula is C43H51N5O8. The second-order valence-corrected chi connectivity index (χ2v) is 13.5. The minimum absolute atomic E-state index is 0.0181. The number of rotatable bonds is 19. The van der Waals surface area contributed by atoms with E-state index in [0.717, 1.165) is 27.8 Å². The van der Waals surface area contributed by atoms with Crippen molar-refractivity contribution in [2.45, 2.75) is 71.1 Å². The summed E-state index contributed by atoms with van der Waals surface area (Å²) in [5.41, 5.74) is 5.71. The van der Waals surface area contributed by atoms with Gasteiger partial charge in [0.25, 0.3) is 0 Å². The lowest BCUT2D eigenvalue weighted by molar-refractivity contribution is -0.163. The van der Waals surface area contributed by atoms with Crippen LogP contribution in [0.3, 0.4) is 0 Å². The highest BCUT2D eigenvalue weighted by Gasteiger charge is 2.41. The van der Waals surface area contributed by atoms with Crippen LogP contribution < -0.4 is 16.0 Å². The Balaban J connectivity index is 1.42. The average molecular weight is 766 g/mol. The SMILES string of the molecule is CCOC(CN(C(=O)C(NC(=O)OCc1ccccc1)C(NC(=O)OCC1c2ccccc2-c2ccccc21)C(=O)NCCc1cccnc1)C(C)C)OCC. The van der Waals surface area contributed by atoms with Crippen LogP contribution in [0, 0.1) is 0 Å². The number of fused-ring (bicyclic) bond motifs is 3. The van der Waals surface area contributed by atoms with Crippen LogP contribution in [0.4, 0.5) is 9.59 Å². The molecule has 4 aromatic rings. The van der Waals surface area contributed by atoms with Gasteiger partial charge in [0, 0.05) is 44.1 Å². The number of nitrogens with one attached hydrogen (secondary N) is 3. The van der Waals surface area contributed by atoms with Gasteiger partial charge in [-0.3, -0.25) is 14.6 Å². The topological polar surface area (TPSA) is 157 Å². The van der Waals surface area contributed by atoms with Gasteiger partial charge in [-0.15, -0.1) is 0 Å². The molecule has 2 unspecified atom stereocenters. The molecule has 1 aliphatic rings. The zero-order valence-corrected chi connectivity index (χ0v) is 32.3. The summed E-state index contributed by atoms with van der Waals surface area (Å²) < 4.78 is 22.8. The molecule has 1 aromatic heterocycles. The predicted molar refractivity (Wildman–Crippen MR) is 210 cm³/mol. The molecule has 296 valence electrons. The Bertz CT molecular complexity index is 1840. The fourth-order valence-electron chi connectivity index (χ4n) is 6.65. The number of ether oxygens (including phenoxy) is 4. The highest BCUT2D eigenvalue weighted by Crippen LogP contribution is 2.44. The minimum Gasteiger partial charge on any atom is -0.449 e. The maximum absolute atomic E-state index is 14.7. The molecule has 1 aliphatic carbocycles. The van der Waals surface area contributed by atoms with Crippen molar-refractivity contribution in [2.24, 2.45) is 0 Å². The molecule has 0 saturated heterocycles. The first-order valence-corrected chi connectivity index (χ1v) is 19.0. The van der Waals surface area contributed by atoms with E-state index in [0.29, 0.717) is 25.2 Å². The molecule has 0 aliphatic heterocycles. The van der Waals surface area contributed by atoms with Crippen LogP contribution in [0.2, 0.25) is 0 Å². The van der Waals surface area contributed by atoms with Gasteiger partial charge in [0.1, 0.15) is 25.3 Å². The van der Waals surface area contributed by atoms with E-state index in [-0.39, 0.29) is 32.2 Å². The second kappa shape index (κ2) is 20.8. The van der Waals surface area contributed by atoms with Crippen molar-refractivity contribution in [2.75, 3.05) is 32.9 Å². The van der Waals surface area contributed by atoms with Gasteiger partial charge < -0.3 is 39.8 Å². The van der Waals surface area contributed by atoms with Crippen molar-refractivity contribution in [3.63, 3.8) is 0 Å². The van der Waals surface area contributed by atoms with Crippen LogP contribution in [0.25, 0.3) is 11.1 Å². The number of nitrogens with zero attached hydrogens (tertiary/aromatic N) is 2. The summed E-state index contributed by atoms with van der Waals surface area (Å²) in [6, 6.07) is 24.8. The molecule has 0 spiro atoms. The van der Waals surface area contributed by atoms with Crippen LogP contribution in [0.1, 0.15) is 55.9 Å². The van der Waals surface area contributed by atoms with E-state index in [4.69, 9.17) is 18.9 Å². The van der Waals surface area contributed by atoms with E-state index >= 15 is 0 Å². The summed E-state index contributed by atoms with van der Waals surface area (Å²) >= 11 is 0. The number of pyridine rings is 1. The molecule has 2 atom stereocenters. The van der Waals surface area contributed by atoms with Gasteiger partial charge in [-0.1, -0.05) is 84.9 Å². The third-order valence-electron chi connectivity index (χ3n) is 9.38. The van der Waals surface area contributed by atoms with Gasteiger partial charge in [-0.25, -0.2) is 9.59 Å². The lowest BCUT2D eigenvalue weighted by atomic mass is 9.98. The van der Waals surface area contributed by atoms with E-state index in [9.17, 15) is 19.2 Å². The second-order valence-electron chi connectivity index (χ2n) is 13.5. The quantitative estimate of drug-likeness (QED) is 0.104. The Labute approximate surface area is 328 Å². The monoisotopic (exact) mass is 765 g/mol. The zero-order chi connectivity index (χ0) is 39.9. The largest absolute Gasteiger partial charge is 0.449 e. The highest BCUT2D eigenvalue weighted by molar-refractivity contribution is 5.96. The number of benzene rings is 3. The molecule has 56 heavy (non-hydrogen) atoms. The average Bonchev–Trinajstić information content (AvgIpc) is 3.53. The summed E-state index contributed by atoms with van der Waals surface area (Å²) in [6.07, 6.45) is 1.05. The summed E-state index contributed by atoms with van der Waals surface area (Å²) in [5.74, 6) is -1.65. The van der Waals surface area contributed by atoms with Crippen molar-refractivity contribution < 1.29 is 38.1 Å². The maximum atomic E-state index is 14.7. The molecule has 1 heterocycles. The predicted octanol–water partition coefficient (Wildman–Crippen LogP) is 5.58. The number of amides is 4. The fourth-order valence-corrected chi connectivity index (χ4v) is 6.65. The van der Waals surface area contributed by atoms with Crippen LogP contribution in [-0.2, 0) is 41.6 Å². The molecule has 13 heteroatoms. The molecule has 13 nitrogen and oxygen atoms in total. The summed E-state index contributed by atoms with van der Waals surface area (Å²) in [7, 11) is 0. The van der Waals surface area contributed by atoms with Crippen LogP contribution in [0.15, 0.2) is 103 Å². The first kappa shape index (κ1) is 41.4. The Hall–Kier alpha value is -5.79. The van der Waals surface area contributed by atoms with Crippen molar-refractivity contribution >= 4 is 24.0 Å². The summed E-state index contributed by atoms with van der Waals surface area (Å²) in [5, 5.41) is 8.06. The first-order chi connectivity index (χ1) is 27.2. The van der Waals surface area contributed by atoms with Crippen LogP contribution in [-0.4, -0.2) is 91.2 Å². The zero-order valence-electron chi connectivity index (χ0n) is 32.3. The summed E-state index contributed by atoms with van der Waals surface area (Å²) in [4.78, 5) is 61.6. The highest BCUT2D eigenvalue weighted by atomic mass is 16.7. The molecule has 0 fully saturated rings. The van der Waals surface area contributed by atoms with Crippen molar-refractivity contribution in [3.05, 3.63) is 126 Å². The Morgan fingerprint density at radius 3 is 1.93 bits per heavy atom. The third kappa shape index (κ3) is 11.1. The van der Waals surface area contributed by atoms with Crippen LogP contribution >= 0.6 is 0 Å². The number of hydrogen-bond donors (Lipinski definition) is 3. The van der Waals surface area contributed by atoms with Gasteiger partial charge in [-0.2, -0.15) is 0 Å². The Kier molecular flexibility index (Phi) is 15.3. The van der Waals surface area contributed by atoms with Crippen molar-refractivity contribution in [1.82, 2.24) is 25.8 Å². The van der Waals surface area contributed by atoms with Crippen molar-refractivity contribution in [3.8, 4) is 11.1 Å². The van der Waals surface area contributed by atoms with Gasteiger partial charge in [0.2, 0.25) is 11.8 Å². The molecule has 4 amide bonds. The molecule has 0 saturated carbocycles. The molecule has 0 bridgehead atoms. The molecule has 3 aromatic carbocycles. The minimum atomic E-state index is -1.64. The third-order valence-corrected chi connectivity index (χ3v) is 9.38. The molecular weight excluding hydrogens is 714 g/mol. The fraction of sp³-hybridized carbons (Fsp3) is 0.372. The van der Waals surface area contributed by atoms with E-state index in [1.807, 2.05) is 74.5 Å². The van der Waals surface area contributed by atoms with Gasteiger partial charge in [-0.05, 0) is 73.6 Å². The first-order valence-electron chi connectivity index (χ1n) is 19.0. The lowest BCUT2D eigenvalue weighted by Crippen LogP contribution is -2.65. The lowest BCUT2D eigenvalue weighted by Gasteiger charge is -2.35. The number of aromatic nitrogens is 1. The van der Waals surface area contributed by atoms with Crippen molar-refractivity contribution in [1.29, 1.82) is 0 Å². The maximum Gasteiger partial charge on any atom is 0.408 e. The van der Waals surface area contributed by atoms with E-state index in [2.05, 4.69) is 20.9 Å². The van der Waals surface area contributed by atoms with Gasteiger partial charge in [0.05, 0.1) is 6.54 Å². The molecule has 0 radical (unpaired) electrons. The van der Waals surface area contributed by atoms with Gasteiger partial charge >= 0.3 is 12.2 Å². The smallest absolute Gasteiger partial charge is 0.408 e. The van der Waals surface area contributed by atoms with E-state index in [1.165, 1.54) is 4.90 Å².